The number of aryl methyl sites for hydroxylation is 2. The number of methoxy groups -OCH3 is 2. The summed E-state index contributed by atoms with van der Waals surface area (Å²) in [7, 11) is 2.98. The fraction of sp³-hybridized carbons (Fsp3) is 0.231. The number of amides is 1. The van der Waals surface area contributed by atoms with Gasteiger partial charge in [0, 0.05) is 16.3 Å². The molecule has 0 radical (unpaired) electrons. The van der Waals surface area contributed by atoms with Crippen LogP contribution in [0.15, 0.2) is 46.6 Å². The van der Waals surface area contributed by atoms with Crippen LogP contribution in [0.25, 0.3) is 16.5 Å². The van der Waals surface area contributed by atoms with Gasteiger partial charge in [-0.15, -0.1) is 11.3 Å². The van der Waals surface area contributed by atoms with Gasteiger partial charge in [0.05, 0.1) is 31.9 Å². The van der Waals surface area contributed by atoms with Gasteiger partial charge in [-0.25, -0.2) is 4.79 Å². The molecular formula is C26H25N3O6S. The van der Waals surface area contributed by atoms with E-state index >= 15 is 0 Å². The molecule has 9 nitrogen and oxygen atoms in total. The van der Waals surface area contributed by atoms with Gasteiger partial charge in [-0.2, -0.15) is 9.78 Å². The summed E-state index contributed by atoms with van der Waals surface area (Å²) >= 11 is 1.13. The molecule has 0 saturated heterocycles. The summed E-state index contributed by atoms with van der Waals surface area (Å²) in [6, 6.07) is 10.2. The normalized spacial score (nSPS) is 10.8. The third-order valence-electron chi connectivity index (χ3n) is 5.73. The monoisotopic (exact) mass is 507 g/mol. The van der Waals surface area contributed by atoms with Gasteiger partial charge in [-0.05, 0) is 62.2 Å². The Balaban J connectivity index is 1.85. The van der Waals surface area contributed by atoms with E-state index in [9.17, 15) is 14.4 Å². The largest absolute Gasteiger partial charge is 0.493 e. The van der Waals surface area contributed by atoms with Gasteiger partial charge in [0.15, 0.2) is 17.2 Å². The fourth-order valence-corrected chi connectivity index (χ4v) is 4.61. The number of rotatable bonds is 7. The molecule has 0 spiro atoms. The van der Waals surface area contributed by atoms with E-state index in [1.165, 1.54) is 18.9 Å². The Bertz CT molecular complexity index is 1540. The minimum atomic E-state index is -0.657. The number of nitrogens with zero attached hydrogens (tertiary/aromatic N) is 2. The van der Waals surface area contributed by atoms with Crippen LogP contribution in [0.3, 0.4) is 0 Å². The molecule has 10 heteroatoms. The highest BCUT2D eigenvalue weighted by molar-refractivity contribution is 7.16. The number of aromatic nitrogens is 2. The lowest BCUT2D eigenvalue weighted by Crippen LogP contribution is -2.25. The predicted octanol–water partition coefficient (Wildman–Crippen LogP) is 4.51. The number of benzene rings is 2. The Labute approximate surface area is 211 Å². The van der Waals surface area contributed by atoms with Crippen molar-refractivity contribution in [3.63, 3.8) is 0 Å². The maximum atomic E-state index is 13.6. The van der Waals surface area contributed by atoms with E-state index in [1.807, 2.05) is 26.0 Å². The Morgan fingerprint density at radius 2 is 1.78 bits per heavy atom. The molecule has 2 aromatic heterocycles. The number of esters is 1. The highest BCUT2D eigenvalue weighted by Crippen LogP contribution is 2.32. The first-order valence-corrected chi connectivity index (χ1v) is 12.0. The van der Waals surface area contributed by atoms with E-state index in [2.05, 4.69) is 10.4 Å². The second kappa shape index (κ2) is 10.2. The molecule has 186 valence electrons. The molecule has 0 bridgehead atoms. The van der Waals surface area contributed by atoms with Crippen molar-refractivity contribution in [2.45, 2.75) is 20.8 Å². The van der Waals surface area contributed by atoms with Crippen LogP contribution in [0.1, 0.15) is 38.9 Å². The summed E-state index contributed by atoms with van der Waals surface area (Å²) in [6.07, 6.45) is 0. The van der Waals surface area contributed by atoms with Crippen molar-refractivity contribution in [2.75, 3.05) is 26.1 Å². The molecule has 4 rings (SSSR count). The zero-order chi connectivity index (χ0) is 26.0. The predicted molar refractivity (Wildman–Crippen MR) is 138 cm³/mol. The fourth-order valence-electron chi connectivity index (χ4n) is 3.68. The van der Waals surface area contributed by atoms with Gasteiger partial charge in [0.1, 0.15) is 5.00 Å². The van der Waals surface area contributed by atoms with Crippen LogP contribution in [0.5, 0.6) is 11.5 Å². The van der Waals surface area contributed by atoms with Crippen LogP contribution in [0, 0.1) is 13.8 Å². The SMILES string of the molecule is CCOC(=O)c1nn(-c2ccc(C)c(C)c2)c(=O)c2c(NC(=O)c3ccc(OC)c(OC)c3)scc12. The number of nitrogens with one attached hydrogen (secondary N) is 1. The number of anilines is 1. The minimum absolute atomic E-state index is 0.00690. The molecular weight excluding hydrogens is 482 g/mol. The average Bonchev–Trinajstić information content (AvgIpc) is 3.29. The average molecular weight is 508 g/mol. The number of hydrogen-bond donors (Lipinski definition) is 1. The van der Waals surface area contributed by atoms with Crippen LogP contribution >= 0.6 is 11.3 Å². The summed E-state index contributed by atoms with van der Waals surface area (Å²) in [5.41, 5.74) is 2.35. The number of hydrogen-bond acceptors (Lipinski definition) is 8. The van der Waals surface area contributed by atoms with E-state index in [4.69, 9.17) is 14.2 Å². The molecule has 0 atom stereocenters. The second-order valence-electron chi connectivity index (χ2n) is 7.93. The zero-order valence-electron chi connectivity index (χ0n) is 20.5. The van der Waals surface area contributed by atoms with Crippen LogP contribution in [-0.4, -0.2) is 42.5 Å². The zero-order valence-corrected chi connectivity index (χ0v) is 21.3. The van der Waals surface area contributed by atoms with Crippen molar-refractivity contribution in [1.29, 1.82) is 0 Å². The van der Waals surface area contributed by atoms with Crippen molar-refractivity contribution < 1.29 is 23.8 Å². The van der Waals surface area contributed by atoms with Crippen molar-refractivity contribution in [3.05, 3.63) is 74.5 Å². The molecule has 0 saturated carbocycles. The molecule has 36 heavy (non-hydrogen) atoms. The van der Waals surface area contributed by atoms with E-state index < -0.39 is 17.4 Å². The van der Waals surface area contributed by atoms with Gasteiger partial charge in [0.25, 0.3) is 11.5 Å². The standard InChI is InChI=1S/C26H25N3O6S/c1-6-35-26(32)22-18-13-36-24(27-23(30)16-8-10-19(33-4)20(12-16)34-5)21(18)25(31)29(28-22)17-9-7-14(2)15(3)11-17/h7-13H,6H2,1-5H3,(H,27,30). The molecule has 0 aliphatic heterocycles. The summed E-state index contributed by atoms with van der Waals surface area (Å²) in [6.45, 7) is 5.73. The first-order chi connectivity index (χ1) is 17.3. The van der Waals surface area contributed by atoms with E-state index in [-0.39, 0.29) is 17.7 Å². The first-order valence-electron chi connectivity index (χ1n) is 11.1. The Kier molecular flexibility index (Phi) is 7.07. The number of fused-ring (bicyclic) bond motifs is 1. The lowest BCUT2D eigenvalue weighted by Gasteiger charge is -2.12. The molecule has 0 unspecified atom stereocenters. The Morgan fingerprint density at radius 3 is 2.44 bits per heavy atom. The molecule has 0 aliphatic carbocycles. The third-order valence-corrected chi connectivity index (χ3v) is 6.62. The minimum Gasteiger partial charge on any atom is -0.493 e. The smallest absolute Gasteiger partial charge is 0.359 e. The third kappa shape index (κ3) is 4.55. The summed E-state index contributed by atoms with van der Waals surface area (Å²) in [5.74, 6) is -0.230. The second-order valence-corrected chi connectivity index (χ2v) is 8.81. The van der Waals surface area contributed by atoms with Gasteiger partial charge in [-0.1, -0.05) is 6.07 Å². The van der Waals surface area contributed by atoms with Gasteiger partial charge in [-0.3, -0.25) is 9.59 Å². The van der Waals surface area contributed by atoms with Crippen LogP contribution in [0.2, 0.25) is 0 Å². The van der Waals surface area contributed by atoms with Gasteiger partial charge >= 0.3 is 5.97 Å². The maximum absolute atomic E-state index is 13.6. The molecule has 0 fully saturated rings. The highest BCUT2D eigenvalue weighted by atomic mass is 32.1. The Hall–Kier alpha value is -4.18. The molecule has 4 aromatic rings. The molecule has 0 aliphatic rings. The van der Waals surface area contributed by atoms with Crippen LogP contribution in [0.4, 0.5) is 5.00 Å². The number of carbonyl (C=O) groups is 2. The van der Waals surface area contributed by atoms with Crippen molar-refractivity contribution in [3.8, 4) is 17.2 Å². The Morgan fingerprint density at radius 1 is 1.03 bits per heavy atom. The van der Waals surface area contributed by atoms with Crippen molar-refractivity contribution >= 4 is 39.0 Å². The van der Waals surface area contributed by atoms with E-state index in [0.717, 1.165) is 22.5 Å². The summed E-state index contributed by atoms with van der Waals surface area (Å²) < 4.78 is 16.9. The number of thiophene rings is 1. The summed E-state index contributed by atoms with van der Waals surface area (Å²) in [4.78, 5) is 39.4. The maximum Gasteiger partial charge on any atom is 0.359 e. The quantitative estimate of drug-likeness (QED) is 0.367. The number of ether oxygens (including phenoxy) is 3. The van der Waals surface area contributed by atoms with Crippen molar-refractivity contribution in [2.24, 2.45) is 0 Å². The molecule has 2 aromatic carbocycles. The van der Waals surface area contributed by atoms with Gasteiger partial charge in [0.2, 0.25) is 0 Å². The van der Waals surface area contributed by atoms with Crippen molar-refractivity contribution in [1.82, 2.24) is 9.78 Å². The van der Waals surface area contributed by atoms with Crippen LogP contribution in [-0.2, 0) is 4.74 Å². The van der Waals surface area contributed by atoms with E-state index in [0.29, 0.717) is 33.1 Å². The highest BCUT2D eigenvalue weighted by Gasteiger charge is 2.24. The topological polar surface area (TPSA) is 109 Å². The number of carbonyl (C=O) groups excluding carboxylic acids is 2. The van der Waals surface area contributed by atoms with E-state index in [1.54, 1.807) is 36.6 Å². The lowest BCUT2D eigenvalue weighted by atomic mass is 10.1. The van der Waals surface area contributed by atoms with Crippen LogP contribution < -0.4 is 20.3 Å². The molecule has 1 N–H and O–H groups in total. The lowest BCUT2D eigenvalue weighted by molar-refractivity contribution is 0.0520. The molecule has 1 amide bonds. The van der Waals surface area contributed by atoms with Gasteiger partial charge < -0.3 is 19.5 Å². The summed E-state index contributed by atoms with van der Waals surface area (Å²) in [5, 5.41) is 9.53. The first kappa shape index (κ1) is 24.9. The molecule has 2 heterocycles.